The Hall–Kier alpha value is -3.82. The number of imide groups is 1. The van der Waals surface area contributed by atoms with Crippen molar-refractivity contribution in [3.05, 3.63) is 70.0 Å². The molecule has 1 aliphatic rings. The van der Waals surface area contributed by atoms with Crippen LogP contribution < -0.4 is 10.6 Å². The molecule has 1 aliphatic heterocycles. The molecule has 0 spiro atoms. The number of nitro benzene ring substituents is 1. The summed E-state index contributed by atoms with van der Waals surface area (Å²) in [6, 6.07) is 10.5. The molecule has 2 aromatic carbocycles. The smallest absolute Gasteiger partial charge is 0.322 e. The van der Waals surface area contributed by atoms with Crippen LogP contribution in [0.15, 0.2) is 48.5 Å². The average Bonchev–Trinajstić information content (AvgIpc) is 2.95. The van der Waals surface area contributed by atoms with Crippen LogP contribution in [0.4, 0.5) is 20.6 Å². The molecule has 9 nitrogen and oxygen atoms in total. The number of anilines is 1. The van der Waals surface area contributed by atoms with Crippen LogP contribution in [0.2, 0.25) is 0 Å². The molecule has 3 rings (SSSR count). The number of amides is 4. The van der Waals surface area contributed by atoms with Crippen LogP contribution in [0.1, 0.15) is 18.9 Å². The van der Waals surface area contributed by atoms with E-state index < -0.39 is 52.0 Å². The third-order valence-electron chi connectivity index (χ3n) is 4.71. The zero-order chi connectivity index (χ0) is 21.2. The number of halogens is 1. The number of hydrogen-bond donors (Lipinski definition) is 2. The fourth-order valence-electron chi connectivity index (χ4n) is 3.19. The summed E-state index contributed by atoms with van der Waals surface area (Å²) in [5.41, 5.74) is -1.55. The van der Waals surface area contributed by atoms with Gasteiger partial charge in [-0.25, -0.2) is 9.18 Å². The van der Waals surface area contributed by atoms with Crippen molar-refractivity contribution >= 4 is 29.2 Å². The number of benzene rings is 2. The van der Waals surface area contributed by atoms with Gasteiger partial charge in [-0.1, -0.05) is 37.3 Å². The minimum atomic E-state index is -1.30. The molecular weight excluding hydrogens is 383 g/mol. The third kappa shape index (κ3) is 3.64. The first-order chi connectivity index (χ1) is 13.8. The van der Waals surface area contributed by atoms with E-state index in [9.17, 15) is 28.9 Å². The Balaban J connectivity index is 1.79. The molecule has 0 saturated carbocycles. The van der Waals surface area contributed by atoms with Gasteiger partial charge in [0.25, 0.3) is 11.6 Å². The van der Waals surface area contributed by atoms with E-state index in [-0.39, 0.29) is 6.42 Å². The summed E-state index contributed by atoms with van der Waals surface area (Å²) < 4.78 is 13.9. The van der Waals surface area contributed by atoms with Crippen molar-refractivity contribution in [3.8, 4) is 0 Å². The van der Waals surface area contributed by atoms with E-state index in [1.54, 1.807) is 37.3 Å². The summed E-state index contributed by atoms with van der Waals surface area (Å²) >= 11 is 0. The molecule has 0 radical (unpaired) electrons. The van der Waals surface area contributed by atoms with Crippen molar-refractivity contribution in [2.45, 2.75) is 18.9 Å². The first kappa shape index (κ1) is 19.9. The van der Waals surface area contributed by atoms with E-state index in [2.05, 4.69) is 10.6 Å². The van der Waals surface area contributed by atoms with E-state index in [4.69, 9.17) is 0 Å². The number of non-ortho nitro benzene ring substituents is 1. The number of urea groups is 1. The molecule has 1 fully saturated rings. The van der Waals surface area contributed by atoms with Crippen molar-refractivity contribution < 1.29 is 23.7 Å². The number of nitro groups is 1. The number of nitrogens with one attached hydrogen (secondary N) is 2. The second-order valence-corrected chi connectivity index (χ2v) is 6.42. The summed E-state index contributed by atoms with van der Waals surface area (Å²) in [4.78, 5) is 48.5. The first-order valence-corrected chi connectivity index (χ1v) is 8.72. The van der Waals surface area contributed by atoms with Gasteiger partial charge in [0.2, 0.25) is 5.91 Å². The van der Waals surface area contributed by atoms with Crippen molar-refractivity contribution in [1.29, 1.82) is 0 Å². The standard InChI is InChI=1S/C19H17FN4O5/c1-2-19(12-6-4-3-5-7-12)17(26)23(18(27)22-19)11-16(25)21-15-10-13(24(28)29)8-9-14(15)20/h3-10H,2,11H2,1H3,(H,21,25)(H,22,27)/t19-/m0/s1. The molecule has 2 N–H and O–H groups in total. The number of carbonyl (C=O) groups excluding carboxylic acids is 3. The average molecular weight is 400 g/mol. The molecule has 10 heteroatoms. The predicted molar refractivity (Wildman–Crippen MR) is 100 cm³/mol. The van der Waals surface area contributed by atoms with Crippen LogP contribution in [0.3, 0.4) is 0 Å². The maximum Gasteiger partial charge on any atom is 0.325 e. The zero-order valence-corrected chi connectivity index (χ0v) is 15.3. The molecule has 0 aliphatic carbocycles. The van der Waals surface area contributed by atoms with Crippen molar-refractivity contribution in [3.63, 3.8) is 0 Å². The molecule has 0 unspecified atom stereocenters. The van der Waals surface area contributed by atoms with Gasteiger partial charge in [0.1, 0.15) is 17.9 Å². The molecule has 1 heterocycles. The van der Waals surface area contributed by atoms with Gasteiger partial charge in [-0.05, 0) is 18.1 Å². The highest BCUT2D eigenvalue weighted by atomic mass is 19.1. The van der Waals surface area contributed by atoms with E-state index in [1.165, 1.54) is 0 Å². The third-order valence-corrected chi connectivity index (χ3v) is 4.71. The van der Waals surface area contributed by atoms with Gasteiger partial charge in [0.15, 0.2) is 0 Å². The fourth-order valence-corrected chi connectivity index (χ4v) is 3.19. The lowest BCUT2D eigenvalue weighted by atomic mass is 9.87. The van der Waals surface area contributed by atoms with Crippen molar-refractivity contribution in [2.24, 2.45) is 0 Å². The van der Waals surface area contributed by atoms with E-state index in [0.29, 0.717) is 5.56 Å². The molecule has 150 valence electrons. The van der Waals surface area contributed by atoms with Gasteiger partial charge >= 0.3 is 6.03 Å². The largest absolute Gasteiger partial charge is 0.325 e. The first-order valence-electron chi connectivity index (χ1n) is 8.72. The van der Waals surface area contributed by atoms with Gasteiger partial charge in [0, 0.05) is 12.1 Å². The molecular formula is C19H17FN4O5. The highest BCUT2D eigenvalue weighted by molar-refractivity contribution is 6.10. The quantitative estimate of drug-likeness (QED) is 0.438. The Morgan fingerprint density at radius 2 is 1.93 bits per heavy atom. The lowest BCUT2D eigenvalue weighted by molar-refractivity contribution is -0.384. The van der Waals surface area contributed by atoms with Gasteiger partial charge in [-0.2, -0.15) is 0 Å². The Bertz CT molecular complexity index is 997. The van der Waals surface area contributed by atoms with Gasteiger partial charge in [-0.3, -0.25) is 24.6 Å². The lowest BCUT2D eigenvalue weighted by Gasteiger charge is -2.25. The number of hydrogen-bond acceptors (Lipinski definition) is 5. The summed E-state index contributed by atoms with van der Waals surface area (Å²) in [5.74, 6) is -2.35. The van der Waals surface area contributed by atoms with E-state index in [1.807, 2.05) is 0 Å². The SMILES string of the molecule is CC[C@@]1(c2ccccc2)NC(=O)N(CC(=O)Nc2cc([N+](=O)[O-])ccc2F)C1=O. The Morgan fingerprint density at radius 3 is 2.55 bits per heavy atom. The van der Waals surface area contributed by atoms with Crippen molar-refractivity contribution in [1.82, 2.24) is 10.2 Å². The molecule has 1 atom stereocenters. The summed E-state index contributed by atoms with van der Waals surface area (Å²) in [6.07, 6.45) is 0.263. The molecule has 1 saturated heterocycles. The monoisotopic (exact) mass is 400 g/mol. The lowest BCUT2D eigenvalue weighted by Crippen LogP contribution is -2.44. The van der Waals surface area contributed by atoms with Crippen LogP contribution in [0, 0.1) is 15.9 Å². The minimum Gasteiger partial charge on any atom is -0.322 e. The van der Waals surface area contributed by atoms with Crippen LogP contribution in [-0.2, 0) is 15.1 Å². The minimum absolute atomic E-state index is 0.263. The molecule has 4 amide bonds. The summed E-state index contributed by atoms with van der Waals surface area (Å²) in [6.45, 7) is 1.06. The fraction of sp³-hybridized carbons (Fsp3) is 0.211. The highest BCUT2D eigenvalue weighted by Crippen LogP contribution is 2.32. The Labute approximate surface area is 164 Å². The number of carbonyl (C=O) groups is 3. The number of rotatable bonds is 6. The maximum absolute atomic E-state index is 13.9. The Kier molecular flexibility index (Phi) is 5.26. The maximum atomic E-state index is 13.9. The van der Waals surface area contributed by atoms with Crippen LogP contribution in [0.25, 0.3) is 0 Å². The van der Waals surface area contributed by atoms with Gasteiger partial charge in [0.05, 0.1) is 10.6 Å². The molecule has 2 aromatic rings. The second-order valence-electron chi connectivity index (χ2n) is 6.42. The summed E-state index contributed by atoms with van der Waals surface area (Å²) in [5, 5.41) is 15.6. The van der Waals surface area contributed by atoms with Gasteiger partial charge in [-0.15, -0.1) is 0 Å². The van der Waals surface area contributed by atoms with E-state index in [0.717, 1.165) is 23.1 Å². The molecule has 29 heavy (non-hydrogen) atoms. The molecule has 0 aromatic heterocycles. The highest BCUT2D eigenvalue weighted by Gasteiger charge is 2.51. The van der Waals surface area contributed by atoms with Crippen LogP contribution in [-0.4, -0.2) is 34.2 Å². The van der Waals surface area contributed by atoms with Crippen LogP contribution in [0.5, 0.6) is 0 Å². The van der Waals surface area contributed by atoms with Crippen LogP contribution >= 0.6 is 0 Å². The van der Waals surface area contributed by atoms with Crippen molar-refractivity contribution in [2.75, 3.05) is 11.9 Å². The Morgan fingerprint density at radius 1 is 1.24 bits per heavy atom. The second kappa shape index (κ2) is 7.66. The number of nitrogens with zero attached hydrogens (tertiary/aromatic N) is 2. The van der Waals surface area contributed by atoms with Gasteiger partial charge < -0.3 is 10.6 Å². The van der Waals surface area contributed by atoms with E-state index >= 15 is 0 Å². The predicted octanol–water partition coefficient (Wildman–Crippen LogP) is 2.53. The molecule has 0 bridgehead atoms. The normalized spacial score (nSPS) is 18.5. The zero-order valence-electron chi connectivity index (χ0n) is 15.3. The topological polar surface area (TPSA) is 122 Å². The summed E-state index contributed by atoms with van der Waals surface area (Å²) in [7, 11) is 0.